The lowest BCUT2D eigenvalue weighted by atomic mass is 10.1. The molecule has 1 aliphatic heterocycles. The molecule has 1 saturated heterocycles. The van der Waals surface area contributed by atoms with Gasteiger partial charge in [0.2, 0.25) is 10.0 Å². The summed E-state index contributed by atoms with van der Waals surface area (Å²) in [6.45, 7) is 4.41. The molecule has 0 bridgehead atoms. The zero-order valence-corrected chi connectivity index (χ0v) is 14.9. The average molecular weight is 359 g/mol. The normalized spacial score (nSPS) is 15.3. The number of hydrogen-bond donors (Lipinski definition) is 1. The minimum atomic E-state index is -3.84. The SMILES string of the molecule is Cc1cc(C(=O)N2CCN(c3ccccc3)CC2)cc(S(N)(=O)=O)c1. The average Bonchev–Trinajstić information content (AvgIpc) is 2.61. The second kappa shape index (κ2) is 6.85. The molecule has 0 aromatic heterocycles. The smallest absolute Gasteiger partial charge is 0.254 e. The highest BCUT2D eigenvalue weighted by molar-refractivity contribution is 7.89. The van der Waals surface area contributed by atoms with Gasteiger partial charge in [0.05, 0.1) is 4.90 Å². The van der Waals surface area contributed by atoms with Gasteiger partial charge in [-0.05, 0) is 42.8 Å². The van der Waals surface area contributed by atoms with Crippen LogP contribution >= 0.6 is 0 Å². The zero-order valence-electron chi connectivity index (χ0n) is 14.1. The fraction of sp³-hybridized carbons (Fsp3) is 0.278. The number of nitrogens with two attached hydrogens (primary N) is 1. The number of anilines is 1. The first-order valence-electron chi connectivity index (χ1n) is 8.08. The van der Waals surface area contributed by atoms with Crippen molar-refractivity contribution in [2.45, 2.75) is 11.8 Å². The lowest BCUT2D eigenvalue weighted by Gasteiger charge is -2.36. The van der Waals surface area contributed by atoms with Crippen LogP contribution in [0.15, 0.2) is 53.4 Å². The molecule has 2 aromatic carbocycles. The maximum atomic E-state index is 12.7. The Morgan fingerprint density at radius 2 is 1.64 bits per heavy atom. The molecule has 0 atom stereocenters. The Hall–Kier alpha value is -2.38. The van der Waals surface area contributed by atoms with Gasteiger partial charge in [-0.2, -0.15) is 0 Å². The Kier molecular flexibility index (Phi) is 4.78. The van der Waals surface area contributed by atoms with Gasteiger partial charge >= 0.3 is 0 Å². The minimum absolute atomic E-state index is 0.0289. The van der Waals surface area contributed by atoms with E-state index >= 15 is 0 Å². The largest absolute Gasteiger partial charge is 0.368 e. The molecule has 0 saturated carbocycles. The second-order valence-corrected chi connectivity index (χ2v) is 7.76. The van der Waals surface area contributed by atoms with Gasteiger partial charge in [-0.25, -0.2) is 13.6 Å². The fourth-order valence-corrected chi connectivity index (χ4v) is 3.67. The first kappa shape index (κ1) is 17.4. The number of amides is 1. The van der Waals surface area contributed by atoms with Crippen LogP contribution in [0.25, 0.3) is 0 Å². The quantitative estimate of drug-likeness (QED) is 0.902. The maximum absolute atomic E-state index is 12.7. The minimum Gasteiger partial charge on any atom is -0.368 e. The molecular formula is C18H21N3O3S. The summed E-state index contributed by atoms with van der Waals surface area (Å²) < 4.78 is 23.2. The van der Waals surface area contributed by atoms with E-state index in [1.165, 1.54) is 12.1 Å². The van der Waals surface area contributed by atoms with E-state index in [1.807, 2.05) is 18.2 Å². The summed E-state index contributed by atoms with van der Waals surface area (Å²) >= 11 is 0. The van der Waals surface area contributed by atoms with Gasteiger partial charge < -0.3 is 9.80 Å². The van der Waals surface area contributed by atoms with Gasteiger partial charge in [-0.3, -0.25) is 4.79 Å². The lowest BCUT2D eigenvalue weighted by molar-refractivity contribution is 0.0746. The number of carbonyl (C=O) groups excluding carboxylic acids is 1. The number of piperazine rings is 1. The van der Waals surface area contributed by atoms with Crippen molar-refractivity contribution >= 4 is 21.6 Å². The Bertz CT molecular complexity index is 874. The predicted octanol–water partition coefficient (Wildman–Crippen LogP) is 1.60. The summed E-state index contributed by atoms with van der Waals surface area (Å²) in [5, 5.41) is 5.20. The molecule has 0 unspecified atom stereocenters. The lowest BCUT2D eigenvalue weighted by Crippen LogP contribution is -2.48. The van der Waals surface area contributed by atoms with E-state index in [0.29, 0.717) is 24.2 Å². The number of rotatable bonds is 3. The monoisotopic (exact) mass is 359 g/mol. The predicted molar refractivity (Wildman–Crippen MR) is 97.1 cm³/mol. The van der Waals surface area contributed by atoms with Crippen molar-refractivity contribution < 1.29 is 13.2 Å². The van der Waals surface area contributed by atoms with Gasteiger partial charge in [-0.15, -0.1) is 0 Å². The summed E-state index contributed by atoms with van der Waals surface area (Å²) in [4.78, 5) is 16.7. The zero-order chi connectivity index (χ0) is 18.0. The van der Waals surface area contributed by atoms with Gasteiger partial charge in [0, 0.05) is 37.4 Å². The summed E-state index contributed by atoms with van der Waals surface area (Å²) in [5.41, 5.74) is 2.19. The number of sulfonamides is 1. The molecular weight excluding hydrogens is 338 g/mol. The van der Waals surface area contributed by atoms with Gasteiger partial charge in [-0.1, -0.05) is 18.2 Å². The van der Waals surface area contributed by atoms with E-state index in [0.717, 1.165) is 18.8 Å². The Morgan fingerprint density at radius 1 is 1.00 bits per heavy atom. The molecule has 6 nitrogen and oxygen atoms in total. The van der Waals surface area contributed by atoms with Crippen LogP contribution in [-0.2, 0) is 10.0 Å². The third-order valence-electron chi connectivity index (χ3n) is 4.31. The van der Waals surface area contributed by atoms with Crippen LogP contribution in [0.3, 0.4) is 0 Å². The van der Waals surface area contributed by atoms with E-state index in [9.17, 15) is 13.2 Å². The summed E-state index contributed by atoms with van der Waals surface area (Å²) in [5.74, 6) is -0.165. The van der Waals surface area contributed by atoms with E-state index < -0.39 is 10.0 Å². The standard InChI is InChI=1S/C18H21N3O3S/c1-14-11-15(13-17(12-14)25(19,23)24)18(22)21-9-7-20(8-10-21)16-5-3-2-4-6-16/h2-6,11-13H,7-10H2,1H3,(H2,19,23,24). The van der Waals surface area contributed by atoms with Crippen molar-refractivity contribution in [2.24, 2.45) is 5.14 Å². The highest BCUT2D eigenvalue weighted by atomic mass is 32.2. The molecule has 2 N–H and O–H groups in total. The molecule has 132 valence electrons. The van der Waals surface area contributed by atoms with Crippen molar-refractivity contribution in [3.8, 4) is 0 Å². The van der Waals surface area contributed by atoms with E-state index in [1.54, 1.807) is 17.9 Å². The fourth-order valence-electron chi connectivity index (χ4n) is 3.02. The maximum Gasteiger partial charge on any atom is 0.254 e. The van der Waals surface area contributed by atoms with Crippen molar-refractivity contribution in [1.29, 1.82) is 0 Å². The van der Waals surface area contributed by atoms with Crippen molar-refractivity contribution in [1.82, 2.24) is 4.90 Å². The number of hydrogen-bond acceptors (Lipinski definition) is 4. The van der Waals surface area contributed by atoms with Gasteiger partial charge in [0.15, 0.2) is 0 Å². The Labute approximate surface area is 147 Å². The number of para-hydroxylation sites is 1. The van der Waals surface area contributed by atoms with Crippen LogP contribution in [0.2, 0.25) is 0 Å². The summed E-state index contributed by atoms with van der Waals surface area (Å²) in [6.07, 6.45) is 0. The molecule has 1 heterocycles. The molecule has 0 spiro atoms. The van der Waals surface area contributed by atoms with Crippen LogP contribution in [0, 0.1) is 6.92 Å². The van der Waals surface area contributed by atoms with E-state index in [2.05, 4.69) is 17.0 Å². The molecule has 1 amide bonds. The molecule has 0 radical (unpaired) electrons. The summed E-state index contributed by atoms with van der Waals surface area (Å²) in [6, 6.07) is 14.6. The highest BCUT2D eigenvalue weighted by Crippen LogP contribution is 2.19. The van der Waals surface area contributed by atoms with Crippen LogP contribution < -0.4 is 10.0 Å². The van der Waals surface area contributed by atoms with Gasteiger partial charge in [0.1, 0.15) is 0 Å². The van der Waals surface area contributed by atoms with Crippen LogP contribution in [0.5, 0.6) is 0 Å². The number of carbonyl (C=O) groups is 1. The van der Waals surface area contributed by atoms with Crippen LogP contribution in [0.4, 0.5) is 5.69 Å². The number of aryl methyl sites for hydroxylation is 1. The Balaban J connectivity index is 1.74. The van der Waals surface area contributed by atoms with E-state index in [-0.39, 0.29) is 10.8 Å². The molecule has 25 heavy (non-hydrogen) atoms. The number of nitrogens with zero attached hydrogens (tertiary/aromatic N) is 2. The third kappa shape index (κ3) is 4.00. The van der Waals surface area contributed by atoms with Crippen molar-refractivity contribution in [2.75, 3.05) is 31.1 Å². The molecule has 3 rings (SSSR count). The van der Waals surface area contributed by atoms with Crippen LogP contribution in [-0.4, -0.2) is 45.4 Å². The summed E-state index contributed by atoms with van der Waals surface area (Å²) in [7, 11) is -3.84. The molecule has 0 aliphatic carbocycles. The first-order valence-corrected chi connectivity index (χ1v) is 9.63. The molecule has 1 aliphatic rings. The van der Waals surface area contributed by atoms with E-state index in [4.69, 9.17) is 5.14 Å². The molecule has 2 aromatic rings. The van der Waals surface area contributed by atoms with Crippen molar-refractivity contribution in [3.05, 3.63) is 59.7 Å². The topological polar surface area (TPSA) is 83.7 Å². The number of primary sulfonamides is 1. The molecule has 1 fully saturated rings. The highest BCUT2D eigenvalue weighted by Gasteiger charge is 2.23. The van der Waals surface area contributed by atoms with Crippen LogP contribution in [0.1, 0.15) is 15.9 Å². The number of benzene rings is 2. The second-order valence-electron chi connectivity index (χ2n) is 6.19. The van der Waals surface area contributed by atoms with Crippen molar-refractivity contribution in [3.63, 3.8) is 0 Å². The first-order chi connectivity index (χ1) is 11.8. The van der Waals surface area contributed by atoms with Gasteiger partial charge in [0.25, 0.3) is 5.91 Å². The molecule has 7 heteroatoms. The Morgan fingerprint density at radius 3 is 2.24 bits per heavy atom. The third-order valence-corrected chi connectivity index (χ3v) is 5.21.